The van der Waals surface area contributed by atoms with Crippen molar-refractivity contribution in [1.82, 2.24) is 0 Å². The van der Waals surface area contributed by atoms with E-state index in [9.17, 15) is 0 Å². The smallest absolute Gasteiger partial charge is 0.0912 e. The fourth-order valence-electron chi connectivity index (χ4n) is 3.88. The molecule has 0 bridgehead atoms. The number of nitrogens with two attached hydrogens (primary N) is 1. The minimum Gasteiger partial charge on any atom is -0.398 e. The van der Waals surface area contributed by atoms with E-state index in [1.807, 2.05) is 37.3 Å². The molecule has 140 valence electrons. The van der Waals surface area contributed by atoms with Crippen molar-refractivity contribution in [1.29, 1.82) is 5.26 Å². The minimum absolute atomic E-state index is 0.744. The van der Waals surface area contributed by atoms with Crippen LogP contribution in [0.3, 0.4) is 0 Å². The lowest BCUT2D eigenvalue weighted by Gasteiger charge is -2.14. The molecule has 0 aromatic heterocycles. The van der Waals surface area contributed by atoms with Crippen molar-refractivity contribution < 1.29 is 0 Å². The maximum Gasteiger partial charge on any atom is 0.0912 e. The predicted octanol–water partition coefficient (Wildman–Crippen LogP) is 6.86. The first-order valence-electron chi connectivity index (χ1n) is 9.73. The Morgan fingerprint density at radius 2 is 1.66 bits per heavy atom. The molecule has 0 saturated heterocycles. The second kappa shape index (κ2) is 8.04. The Balaban J connectivity index is 1.72. The van der Waals surface area contributed by atoms with Crippen LogP contribution in [0.15, 0.2) is 96.6 Å². The molecule has 0 aliphatic carbocycles. The van der Waals surface area contributed by atoms with Crippen LogP contribution in [0.25, 0.3) is 38.0 Å². The van der Waals surface area contributed by atoms with Crippen LogP contribution in [-0.4, -0.2) is 0 Å². The monoisotopic (exact) mass is 374 g/mol. The zero-order valence-electron chi connectivity index (χ0n) is 16.4. The van der Waals surface area contributed by atoms with Gasteiger partial charge in [0.1, 0.15) is 0 Å². The van der Waals surface area contributed by atoms with Gasteiger partial charge in [-0.1, -0.05) is 72.8 Å². The van der Waals surface area contributed by atoms with Crippen molar-refractivity contribution in [2.75, 3.05) is 0 Å². The lowest BCUT2D eigenvalue weighted by atomic mass is 9.91. The normalized spacial score (nSPS) is 13.4. The molecule has 0 radical (unpaired) electrons. The van der Waals surface area contributed by atoms with Crippen LogP contribution in [0, 0.1) is 11.3 Å². The molecular formula is C27H22N2. The van der Waals surface area contributed by atoms with Gasteiger partial charge in [0.15, 0.2) is 0 Å². The van der Waals surface area contributed by atoms with E-state index >= 15 is 0 Å². The van der Waals surface area contributed by atoms with Crippen LogP contribution in [0.2, 0.25) is 0 Å². The van der Waals surface area contributed by atoms with Crippen molar-refractivity contribution in [3.8, 4) is 6.07 Å². The highest BCUT2D eigenvalue weighted by molar-refractivity contribution is 6.24. The minimum atomic E-state index is 0.744. The average Bonchev–Trinajstić information content (AvgIpc) is 2.76. The Labute approximate surface area is 170 Å². The number of allylic oxidation sites excluding steroid dienone is 7. The number of hydrogen-bond acceptors (Lipinski definition) is 2. The summed E-state index contributed by atoms with van der Waals surface area (Å²) in [7, 11) is 0. The summed E-state index contributed by atoms with van der Waals surface area (Å²) < 4.78 is 0. The lowest BCUT2D eigenvalue weighted by Crippen LogP contribution is -1.97. The first kappa shape index (κ1) is 18.5. The molecule has 2 nitrogen and oxygen atoms in total. The van der Waals surface area contributed by atoms with Crippen LogP contribution < -0.4 is 5.73 Å². The molecule has 0 aliphatic rings. The third-order valence-corrected chi connectivity index (χ3v) is 5.35. The molecule has 29 heavy (non-hydrogen) atoms. The van der Waals surface area contributed by atoms with Gasteiger partial charge >= 0.3 is 0 Å². The molecule has 2 heteroatoms. The summed E-state index contributed by atoms with van der Waals surface area (Å²) in [6.07, 6.45) is 12.1. The maximum atomic E-state index is 8.66. The summed E-state index contributed by atoms with van der Waals surface area (Å²) in [5.41, 5.74) is 9.35. The first-order chi connectivity index (χ1) is 14.2. The van der Waals surface area contributed by atoms with E-state index in [-0.39, 0.29) is 0 Å². The van der Waals surface area contributed by atoms with E-state index in [4.69, 9.17) is 11.0 Å². The van der Waals surface area contributed by atoms with E-state index in [0.29, 0.717) is 0 Å². The maximum absolute atomic E-state index is 8.66. The summed E-state index contributed by atoms with van der Waals surface area (Å²) >= 11 is 0. The highest BCUT2D eigenvalue weighted by Crippen LogP contribution is 2.36. The highest BCUT2D eigenvalue weighted by Gasteiger charge is 2.11. The molecule has 4 aromatic rings. The summed E-state index contributed by atoms with van der Waals surface area (Å²) in [4.78, 5) is 0. The zero-order valence-corrected chi connectivity index (χ0v) is 16.4. The molecule has 4 aromatic carbocycles. The van der Waals surface area contributed by atoms with Gasteiger partial charge in [-0.2, -0.15) is 5.26 Å². The Morgan fingerprint density at radius 1 is 0.966 bits per heavy atom. The number of nitriles is 1. The van der Waals surface area contributed by atoms with Gasteiger partial charge in [0.05, 0.1) is 6.07 Å². The molecule has 0 spiro atoms. The average molecular weight is 374 g/mol. The number of rotatable bonds is 5. The van der Waals surface area contributed by atoms with Crippen LogP contribution >= 0.6 is 0 Å². The number of benzene rings is 4. The van der Waals surface area contributed by atoms with Crippen LogP contribution in [0.5, 0.6) is 0 Å². The van der Waals surface area contributed by atoms with Crippen LogP contribution in [-0.2, 0) is 0 Å². The van der Waals surface area contributed by atoms with Gasteiger partial charge < -0.3 is 5.73 Å². The van der Waals surface area contributed by atoms with Gasteiger partial charge in [-0.3, -0.25) is 0 Å². The highest BCUT2D eigenvalue weighted by atomic mass is 14.6. The molecule has 0 atom stereocenters. The Morgan fingerprint density at radius 3 is 2.38 bits per heavy atom. The van der Waals surface area contributed by atoms with E-state index in [1.165, 1.54) is 38.4 Å². The van der Waals surface area contributed by atoms with Gasteiger partial charge in [-0.15, -0.1) is 0 Å². The predicted molar refractivity (Wildman–Crippen MR) is 125 cm³/mol. The molecule has 0 unspecified atom stereocenters. The topological polar surface area (TPSA) is 49.8 Å². The van der Waals surface area contributed by atoms with Crippen LogP contribution in [0.1, 0.15) is 18.9 Å². The SMILES string of the molecule is C/C=C(\C=C/C#N)C/C=C\C=C(/N)c1ccc2ccc3cccc4ccc1c2c34. The lowest BCUT2D eigenvalue weighted by molar-refractivity contribution is 1.27. The fourth-order valence-corrected chi connectivity index (χ4v) is 3.88. The second-order valence-corrected chi connectivity index (χ2v) is 7.05. The Kier molecular flexibility index (Phi) is 5.14. The summed E-state index contributed by atoms with van der Waals surface area (Å²) in [6, 6.07) is 21.4. The van der Waals surface area contributed by atoms with Gasteiger partial charge in [0, 0.05) is 17.3 Å². The Hall–Kier alpha value is -3.83. The van der Waals surface area contributed by atoms with Gasteiger partial charge in [0.25, 0.3) is 0 Å². The zero-order chi connectivity index (χ0) is 20.2. The molecule has 2 N–H and O–H groups in total. The number of hydrogen-bond donors (Lipinski definition) is 1. The molecule has 0 fully saturated rings. The standard InChI is InChI=1S/C27H22N2/c1-2-19(8-6-18-28)7-3-4-11-25(29)23-16-14-22-13-12-20-9-5-10-21-15-17-24(23)27(22)26(20)21/h2-6,8-17H,7,29H2,1H3/b4-3-,8-6-,19-2-,25-11-. The first-order valence-corrected chi connectivity index (χ1v) is 9.73. The van der Waals surface area contributed by atoms with E-state index in [0.717, 1.165) is 23.3 Å². The quantitative estimate of drug-likeness (QED) is 0.236. The molecule has 0 heterocycles. The number of nitrogens with zero attached hydrogens (tertiary/aromatic N) is 1. The van der Waals surface area contributed by atoms with Crippen molar-refractivity contribution in [3.63, 3.8) is 0 Å². The van der Waals surface area contributed by atoms with Gasteiger partial charge in [0.2, 0.25) is 0 Å². The summed E-state index contributed by atoms with van der Waals surface area (Å²) in [5.74, 6) is 0. The van der Waals surface area contributed by atoms with Gasteiger partial charge in [-0.05, 0) is 63.4 Å². The molecule has 0 aliphatic heterocycles. The van der Waals surface area contributed by atoms with Crippen molar-refractivity contribution >= 4 is 38.0 Å². The molecule has 0 saturated carbocycles. The third kappa shape index (κ3) is 3.51. The Bertz CT molecular complexity index is 1330. The molecule has 0 amide bonds. The van der Waals surface area contributed by atoms with E-state index in [1.54, 1.807) is 0 Å². The summed E-state index contributed by atoms with van der Waals surface area (Å²) in [6.45, 7) is 1.97. The fraction of sp³-hybridized carbons (Fsp3) is 0.0741. The van der Waals surface area contributed by atoms with E-state index < -0.39 is 0 Å². The van der Waals surface area contributed by atoms with E-state index in [2.05, 4.69) is 60.7 Å². The molecule has 4 rings (SSSR count). The van der Waals surface area contributed by atoms with Crippen LogP contribution in [0.4, 0.5) is 0 Å². The van der Waals surface area contributed by atoms with Crippen molar-refractivity contribution in [3.05, 3.63) is 102 Å². The second-order valence-electron chi connectivity index (χ2n) is 7.05. The third-order valence-electron chi connectivity index (χ3n) is 5.35. The summed E-state index contributed by atoms with van der Waals surface area (Å²) in [5, 5.41) is 16.2. The molecular weight excluding hydrogens is 352 g/mol. The van der Waals surface area contributed by atoms with Gasteiger partial charge in [-0.25, -0.2) is 0 Å². The largest absolute Gasteiger partial charge is 0.398 e. The van der Waals surface area contributed by atoms with Crippen molar-refractivity contribution in [2.24, 2.45) is 5.73 Å². The van der Waals surface area contributed by atoms with Crippen molar-refractivity contribution in [2.45, 2.75) is 13.3 Å².